The molecule has 174 valence electrons. The van der Waals surface area contributed by atoms with Crippen molar-refractivity contribution in [3.8, 4) is 23.0 Å². The molecule has 1 atom stereocenters. The minimum absolute atomic E-state index is 0.0622. The molecule has 11 heteroatoms. The lowest BCUT2D eigenvalue weighted by Gasteiger charge is -2.30. The minimum Gasteiger partial charge on any atom is -0.493 e. The first-order chi connectivity index (χ1) is 15.9. The van der Waals surface area contributed by atoms with E-state index in [0.29, 0.717) is 36.4 Å². The molecule has 0 spiro atoms. The van der Waals surface area contributed by atoms with Crippen LogP contribution in [0.2, 0.25) is 0 Å². The van der Waals surface area contributed by atoms with Gasteiger partial charge < -0.3 is 13.9 Å². The number of nitrogens with zero attached hydrogens (tertiary/aromatic N) is 3. The molecule has 3 aromatic rings. The number of rotatable bonds is 7. The standard InChI is InChI=1S/C22H24N4O6S/c1-30-18-11-10-15(13-19(18)31-2)21-24-25-22(32-21)23-20(27)16-7-6-12-26(14-16)33(28,29)17-8-4-3-5-9-17/h3-5,8-11,13,16H,6-7,12,14H2,1-2H3,(H,23,25,27)/t16-/m1/s1. The number of amides is 1. The first kappa shape index (κ1) is 22.7. The van der Waals surface area contributed by atoms with Crippen LogP contribution in [0, 0.1) is 5.92 Å². The summed E-state index contributed by atoms with van der Waals surface area (Å²) in [5, 5.41) is 10.5. The molecule has 1 fully saturated rings. The Morgan fingerprint density at radius 2 is 1.85 bits per heavy atom. The number of carbonyl (C=O) groups is 1. The van der Waals surface area contributed by atoms with Gasteiger partial charge in [0.2, 0.25) is 21.8 Å². The lowest BCUT2D eigenvalue weighted by Crippen LogP contribution is -2.43. The maximum absolute atomic E-state index is 12.9. The average molecular weight is 473 g/mol. The van der Waals surface area contributed by atoms with E-state index in [1.54, 1.807) is 48.5 Å². The van der Waals surface area contributed by atoms with Crippen LogP contribution in [0.1, 0.15) is 12.8 Å². The summed E-state index contributed by atoms with van der Waals surface area (Å²) in [5.41, 5.74) is 0.596. The van der Waals surface area contributed by atoms with Crippen molar-refractivity contribution in [1.82, 2.24) is 14.5 Å². The molecule has 1 aliphatic heterocycles. The molecule has 0 radical (unpaired) electrons. The molecule has 1 amide bonds. The largest absolute Gasteiger partial charge is 0.493 e. The van der Waals surface area contributed by atoms with Gasteiger partial charge in [0.05, 0.1) is 25.0 Å². The number of aromatic nitrogens is 2. The van der Waals surface area contributed by atoms with E-state index < -0.39 is 15.9 Å². The fourth-order valence-electron chi connectivity index (χ4n) is 3.68. The molecule has 2 aromatic carbocycles. The predicted molar refractivity (Wildman–Crippen MR) is 119 cm³/mol. The highest BCUT2D eigenvalue weighted by molar-refractivity contribution is 7.89. The summed E-state index contributed by atoms with van der Waals surface area (Å²) >= 11 is 0. The second-order valence-corrected chi connectivity index (χ2v) is 9.42. The van der Waals surface area contributed by atoms with Crippen LogP contribution in [0.3, 0.4) is 0 Å². The molecule has 0 aliphatic carbocycles. The van der Waals surface area contributed by atoms with Crippen molar-refractivity contribution in [2.45, 2.75) is 17.7 Å². The Morgan fingerprint density at radius 1 is 1.09 bits per heavy atom. The lowest BCUT2D eigenvalue weighted by molar-refractivity contribution is -0.121. The molecule has 1 aliphatic rings. The molecule has 2 heterocycles. The highest BCUT2D eigenvalue weighted by Crippen LogP contribution is 2.32. The molecule has 0 saturated carbocycles. The fourth-order valence-corrected chi connectivity index (χ4v) is 5.23. The van der Waals surface area contributed by atoms with E-state index in [-0.39, 0.29) is 29.3 Å². The molecule has 0 unspecified atom stereocenters. The minimum atomic E-state index is -3.67. The van der Waals surface area contributed by atoms with Crippen molar-refractivity contribution in [2.75, 3.05) is 32.6 Å². The van der Waals surface area contributed by atoms with E-state index in [9.17, 15) is 13.2 Å². The van der Waals surface area contributed by atoms with Gasteiger partial charge in [-0.1, -0.05) is 23.3 Å². The summed E-state index contributed by atoms with van der Waals surface area (Å²) in [6, 6.07) is 13.3. The van der Waals surface area contributed by atoms with E-state index in [1.165, 1.54) is 18.5 Å². The summed E-state index contributed by atoms with van der Waals surface area (Å²) in [5.74, 6) is 0.352. The highest BCUT2D eigenvalue weighted by atomic mass is 32.2. The Bertz CT molecular complexity index is 1230. The van der Waals surface area contributed by atoms with Crippen molar-refractivity contribution in [1.29, 1.82) is 0 Å². The summed E-state index contributed by atoms with van der Waals surface area (Å²) in [6.07, 6.45) is 1.13. The van der Waals surface area contributed by atoms with E-state index in [0.717, 1.165) is 0 Å². The van der Waals surface area contributed by atoms with Crippen molar-refractivity contribution >= 4 is 21.9 Å². The van der Waals surface area contributed by atoms with E-state index in [1.807, 2.05) is 0 Å². The third kappa shape index (κ3) is 4.83. The molecular formula is C22H24N4O6S. The van der Waals surface area contributed by atoms with E-state index >= 15 is 0 Å². The smallest absolute Gasteiger partial charge is 0.322 e. The Labute approximate surface area is 191 Å². The maximum Gasteiger partial charge on any atom is 0.322 e. The van der Waals surface area contributed by atoms with Crippen molar-refractivity contribution in [2.24, 2.45) is 5.92 Å². The predicted octanol–water partition coefficient (Wildman–Crippen LogP) is 2.79. The maximum atomic E-state index is 12.9. The zero-order valence-corrected chi connectivity index (χ0v) is 19.0. The topological polar surface area (TPSA) is 124 Å². The van der Waals surface area contributed by atoms with Gasteiger partial charge in [-0.3, -0.25) is 10.1 Å². The number of ether oxygens (including phenoxy) is 2. The molecule has 10 nitrogen and oxygen atoms in total. The normalized spacial score (nSPS) is 16.8. The summed E-state index contributed by atoms with van der Waals surface area (Å²) in [7, 11) is -0.608. The highest BCUT2D eigenvalue weighted by Gasteiger charge is 2.33. The number of nitrogens with one attached hydrogen (secondary N) is 1. The van der Waals surface area contributed by atoms with Gasteiger partial charge in [0.15, 0.2) is 11.5 Å². The number of hydrogen-bond donors (Lipinski definition) is 1. The zero-order chi connectivity index (χ0) is 23.4. The van der Waals surface area contributed by atoms with Gasteiger partial charge in [-0.2, -0.15) is 4.31 Å². The number of hydrogen-bond acceptors (Lipinski definition) is 8. The number of carbonyl (C=O) groups excluding carboxylic acids is 1. The van der Waals surface area contributed by atoms with Gasteiger partial charge in [0.1, 0.15) is 0 Å². The summed E-state index contributed by atoms with van der Waals surface area (Å²) in [6.45, 7) is 0.449. The quantitative estimate of drug-likeness (QED) is 0.557. The van der Waals surface area contributed by atoms with E-state index in [4.69, 9.17) is 13.9 Å². The molecular weight excluding hydrogens is 448 g/mol. The third-order valence-corrected chi connectivity index (χ3v) is 7.30. The van der Waals surface area contributed by atoms with Crippen molar-refractivity contribution in [3.05, 3.63) is 48.5 Å². The van der Waals surface area contributed by atoms with Gasteiger partial charge in [-0.25, -0.2) is 8.42 Å². The van der Waals surface area contributed by atoms with Gasteiger partial charge in [0.25, 0.3) is 0 Å². The Morgan fingerprint density at radius 3 is 2.58 bits per heavy atom. The molecule has 33 heavy (non-hydrogen) atoms. The van der Waals surface area contributed by atoms with Crippen LogP contribution in [0.5, 0.6) is 11.5 Å². The second-order valence-electron chi connectivity index (χ2n) is 7.49. The Kier molecular flexibility index (Phi) is 6.61. The molecule has 4 rings (SSSR count). The first-order valence-corrected chi connectivity index (χ1v) is 11.8. The fraction of sp³-hybridized carbons (Fsp3) is 0.318. The van der Waals surface area contributed by atoms with Crippen molar-refractivity contribution < 1.29 is 27.1 Å². The molecule has 1 aromatic heterocycles. The third-order valence-electron chi connectivity index (χ3n) is 5.42. The first-order valence-electron chi connectivity index (χ1n) is 10.3. The number of methoxy groups -OCH3 is 2. The number of benzene rings is 2. The number of anilines is 1. The van der Waals surface area contributed by atoms with Gasteiger partial charge in [-0.05, 0) is 43.2 Å². The Hall–Kier alpha value is -3.44. The molecule has 0 bridgehead atoms. The van der Waals surface area contributed by atoms with Crippen LogP contribution >= 0.6 is 0 Å². The van der Waals surface area contributed by atoms with Crippen molar-refractivity contribution in [3.63, 3.8) is 0 Å². The van der Waals surface area contributed by atoms with Crippen LogP contribution in [-0.4, -0.2) is 56.1 Å². The summed E-state index contributed by atoms with van der Waals surface area (Å²) < 4.78 is 43.2. The van der Waals surface area contributed by atoms with Crippen LogP contribution < -0.4 is 14.8 Å². The number of sulfonamides is 1. The molecule has 1 N–H and O–H groups in total. The second kappa shape index (κ2) is 9.59. The number of piperidine rings is 1. The van der Waals surface area contributed by atoms with Gasteiger partial charge >= 0.3 is 6.01 Å². The average Bonchev–Trinajstić information content (AvgIpc) is 3.32. The van der Waals surface area contributed by atoms with Gasteiger partial charge in [0, 0.05) is 18.7 Å². The van der Waals surface area contributed by atoms with Crippen LogP contribution in [0.4, 0.5) is 6.01 Å². The zero-order valence-electron chi connectivity index (χ0n) is 18.2. The monoisotopic (exact) mass is 472 g/mol. The SMILES string of the molecule is COc1ccc(-c2nnc(NC(=O)[C@@H]3CCCN(S(=O)(=O)c4ccccc4)C3)o2)cc1OC. The Balaban J connectivity index is 1.44. The van der Waals surface area contributed by atoms with E-state index in [2.05, 4.69) is 15.5 Å². The van der Waals surface area contributed by atoms with Crippen LogP contribution in [-0.2, 0) is 14.8 Å². The molecule has 1 saturated heterocycles. The van der Waals surface area contributed by atoms with Crippen LogP contribution in [0.25, 0.3) is 11.5 Å². The van der Waals surface area contributed by atoms with Crippen LogP contribution in [0.15, 0.2) is 57.8 Å². The summed E-state index contributed by atoms with van der Waals surface area (Å²) in [4.78, 5) is 13.0. The lowest BCUT2D eigenvalue weighted by atomic mass is 9.99. The van der Waals surface area contributed by atoms with Gasteiger partial charge in [-0.15, -0.1) is 5.10 Å².